The van der Waals surface area contributed by atoms with Gasteiger partial charge in [0.05, 0.1) is 6.42 Å². The first-order valence-electron chi connectivity index (χ1n) is 9.14. The van der Waals surface area contributed by atoms with E-state index in [1.807, 2.05) is 39.0 Å². The van der Waals surface area contributed by atoms with Crippen LogP contribution in [0.5, 0.6) is 0 Å². The van der Waals surface area contributed by atoms with E-state index in [9.17, 15) is 4.79 Å². The maximum atomic E-state index is 11.1. The SMILES string of the molecule is CCC(C)(CC(=O)O)C(C)c1nc(CCCCNc2ccccn2)no1. The molecule has 2 aromatic rings. The number of anilines is 1. The molecule has 0 radical (unpaired) electrons. The highest BCUT2D eigenvalue weighted by Crippen LogP contribution is 2.40. The zero-order chi connectivity index (χ0) is 19.0. The van der Waals surface area contributed by atoms with E-state index in [0.717, 1.165) is 38.0 Å². The normalized spacial score (nSPS) is 14.6. The van der Waals surface area contributed by atoms with Crippen LogP contribution in [0.25, 0.3) is 0 Å². The molecule has 0 aliphatic rings. The first kappa shape index (κ1) is 19.9. The number of unbranched alkanes of at least 4 members (excludes halogenated alkanes) is 1. The third-order valence-electron chi connectivity index (χ3n) is 5.06. The lowest BCUT2D eigenvalue weighted by molar-refractivity contribution is -0.140. The molecule has 0 bridgehead atoms. The number of nitrogens with one attached hydrogen (secondary N) is 1. The van der Waals surface area contributed by atoms with Gasteiger partial charge in [-0.05, 0) is 36.8 Å². The number of nitrogens with zero attached hydrogens (tertiary/aromatic N) is 3. The fourth-order valence-corrected chi connectivity index (χ4v) is 2.86. The molecule has 0 fully saturated rings. The van der Waals surface area contributed by atoms with Crippen molar-refractivity contribution in [2.24, 2.45) is 5.41 Å². The van der Waals surface area contributed by atoms with Crippen molar-refractivity contribution in [2.75, 3.05) is 11.9 Å². The highest BCUT2D eigenvalue weighted by Gasteiger charge is 2.36. The third-order valence-corrected chi connectivity index (χ3v) is 5.06. The number of carboxylic acids is 1. The number of hydrogen-bond donors (Lipinski definition) is 2. The number of aryl methyl sites for hydroxylation is 1. The van der Waals surface area contributed by atoms with Crippen LogP contribution in [0.1, 0.15) is 64.1 Å². The molecule has 2 heterocycles. The van der Waals surface area contributed by atoms with Crippen LogP contribution in [0.4, 0.5) is 5.82 Å². The summed E-state index contributed by atoms with van der Waals surface area (Å²) in [5.74, 6) is 1.17. The van der Waals surface area contributed by atoms with Gasteiger partial charge < -0.3 is 14.9 Å². The van der Waals surface area contributed by atoms with Crippen molar-refractivity contribution in [3.63, 3.8) is 0 Å². The predicted molar refractivity (Wildman–Crippen MR) is 99.0 cm³/mol. The van der Waals surface area contributed by atoms with Crippen molar-refractivity contribution in [3.8, 4) is 0 Å². The fraction of sp³-hybridized carbons (Fsp3) is 0.579. The summed E-state index contributed by atoms with van der Waals surface area (Å²) in [6.07, 6.45) is 5.23. The molecule has 0 saturated carbocycles. The molecule has 2 rings (SSSR count). The molecule has 2 atom stereocenters. The summed E-state index contributed by atoms with van der Waals surface area (Å²) in [5, 5.41) is 16.5. The first-order valence-corrected chi connectivity index (χ1v) is 9.14. The van der Waals surface area contributed by atoms with E-state index in [2.05, 4.69) is 20.4 Å². The third kappa shape index (κ3) is 5.54. The van der Waals surface area contributed by atoms with Crippen LogP contribution in [-0.2, 0) is 11.2 Å². The quantitative estimate of drug-likeness (QED) is 0.586. The van der Waals surface area contributed by atoms with Gasteiger partial charge in [0, 0.05) is 25.1 Å². The van der Waals surface area contributed by atoms with Gasteiger partial charge in [-0.25, -0.2) is 4.98 Å². The van der Waals surface area contributed by atoms with Gasteiger partial charge in [0.1, 0.15) is 5.82 Å². The Hall–Kier alpha value is -2.44. The summed E-state index contributed by atoms with van der Waals surface area (Å²) in [6.45, 7) is 6.75. The van der Waals surface area contributed by atoms with E-state index in [4.69, 9.17) is 9.63 Å². The van der Waals surface area contributed by atoms with E-state index in [1.165, 1.54) is 0 Å². The second-order valence-corrected chi connectivity index (χ2v) is 6.95. The Morgan fingerprint density at radius 1 is 1.38 bits per heavy atom. The van der Waals surface area contributed by atoms with Crippen LogP contribution in [0, 0.1) is 5.41 Å². The van der Waals surface area contributed by atoms with E-state index < -0.39 is 11.4 Å². The summed E-state index contributed by atoms with van der Waals surface area (Å²) < 4.78 is 5.40. The average molecular weight is 360 g/mol. The molecule has 0 amide bonds. The summed E-state index contributed by atoms with van der Waals surface area (Å²) >= 11 is 0. The predicted octanol–water partition coefficient (Wildman–Crippen LogP) is 3.89. The topological polar surface area (TPSA) is 101 Å². The smallest absolute Gasteiger partial charge is 0.303 e. The molecule has 2 aromatic heterocycles. The van der Waals surface area contributed by atoms with Crippen molar-refractivity contribution < 1.29 is 14.4 Å². The molecule has 0 spiro atoms. The van der Waals surface area contributed by atoms with Crippen molar-refractivity contribution in [3.05, 3.63) is 36.1 Å². The van der Waals surface area contributed by atoms with Gasteiger partial charge in [-0.15, -0.1) is 0 Å². The van der Waals surface area contributed by atoms with Crippen molar-refractivity contribution in [2.45, 2.75) is 58.8 Å². The lowest BCUT2D eigenvalue weighted by Gasteiger charge is -2.30. The molecule has 0 aliphatic heterocycles. The van der Waals surface area contributed by atoms with Gasteiger partial charge >= 0.3 is 5.97 Å². The summed E-state index contributed by atoms with van der Waals surface area (Å²) in [7, 11) is 0. The van der Waals surface area contributed by atoms with Crippen LogP contribution >= 0.6 is 0 Å². The van der Waals surface area contributed by atoms with E-state index in [1.54, 1.807) is 6.20 Å². The van der Waals surface area contributed by atoms with Crippen molar-refractivity contribution in [1.82, 2.24) is 15.1 Å². The zero-order valence-corrected chi connectivity index (χ0v) is 15.7. The summed E-state index contributed by atoms with van der Waals surface area (Å²) in [5.41, 5.74) is -0.401. The number of carbonyl (C=O) groups is 1. The lowest BCUT2D eigenvalue weighted by atomic mass is 9.73. The lowest BCUT2D eigenvalue weighted by Crippen LogP contribution is -2.26. The van der Waals surface area contributed by atoms with Gasteiger partial charge in [-0.1, -0.05) is 32.0 Å². The average Bonchev–Trinajstić information content (AvgIpc) is 3.09. The van der Waals surface area contributed by atoms with E-state index >= 15 is 0 Å². The van der Waals surface area contributed by atoms with Crippen LogP contribution < -0.4 is 5.32 Å². The molecule has 0 saturated heterocycles. The maximum absolute atomic E-state index is 11.1. The Bertz CT molecular complexity index is 689. The molecule has 2 N–H and O–H groups in total. The molecule has 142 valence electrons. The van der Waals surface area contributed by atoms with Crippen LogP contribution in [0.3, 0.4) is 0 Å². The number of aliphatic carboxylic acids is 1. The largest absolute Gasteiger partial charge is 0.481 e. The van der Waals surface area contributed by atoms with Crippen molar-refractivity contribution >= 4 is 11.8 Å². The number of rotatable bonds is 11. The second kappa shape index (κ2) is 9.31. The highest BCUT2D eigenvalue weighted by molar-refractivity contribution is 5.67. The molecular weight excluding hydrogens is 332 g/mol. The molecule has 2 unspecified atom stereocenters. The second-order valence-electron chi connectivity index (χ2n) is 6.95. The monoisotopic (exact) mass is 360 g/mol. The van der Waals surface area contributed by atoms with Gasteiger partial charge in [-0.2, -0.15) is 4.98 Å². The number of carboxylic acid groups (broad SMARTS) is 1. The minimum Gasteiger partial charge on any atom is -0.481 e. The molecule has 0 aliphatic carbocycles. The van der Waals surface area contributed by atoms with Crippen LogP contribution in [0.2, 0.25) is 0 Å². The first-order chi connectivity index (χ1) is 12.4. The standard InChI is InChI=1S/C19H28N4O3/c1-4-19(3,13-17(24)25)14(2)18-22-16(23-26-18)10-6-8-12-21-15-9-5-7-11-20-15/h5,7,9,11,14H,4,6,8,10,12-13H2,1-3H3,(H,20,21)(H,24,25). The Labute approximate surface area is 154 Å². The van der Waals surface area contributed by atoms with Crippen LogP contribution in [-0.4, -0.2) is 32.7 Å². The van der Waals surface area contributed by atoms with E-state index in [-0.39, 0.29) is 12.3 Å². The fourth-order valence-electron chi connectivity index (χ4n) is 2.86. The Morgan fingerprint density at radius 3 is 2.85 bits per heavy atom. The Morgan fingerprint density at radius 2 is 2.19 bits per heavy atom. The highest BCUT2D eigenvalue weighted by atomic mass is 16.5. The zero-order valence-electron chi connectivity index (χ0n) is 15.7. The molecule has 7 heteroatoms. The van der Waals surface area contributed by atoms with Gasteiger partial charge in [-0.3, -0.25) is 4.79 Å². The minimum absolute atomic E-state index is 0.0849. The van der Waals surface area contributed by atoms with Gasteiger partial charge in [0.15, 0.2) is 5.82 Å². The number of pyridine rings is 1. The van der Waals surface area contributed by atoms with Crippen molar-refractivity contribution in [1.29, 1.82) is 0 Å². The van der Waals surface area contributed by atoms with E-state index in [0.29, 0.717) is 11.7 Å². The van der Waals surface area contributed by atoms with Gasteiger partial charge in [0.2, 0.25) is 5.89 Å². The number of aromatic nitrogens is 3. The summed E-state index contributed by atoms with van der Waals surface area (Å²) in [4.78, 5) is 19.8. The molecule has 0 aromatic carbocycles. The van der Waals surface area contributed by atoms with Crippen LogP contribution in [0.15, 0.2) is 28.9 Å². The number of hydrogen-bond acceptors (Lipinski definition) is 6. The Balaban J connectivity index is 1.80. The molecular formula is C19H28N4O3. The molecule has 26 heavy (non-hydrogen) atoms. The maximum Gasteiger partial charge on any atom is 0.303 e. The Kier molecular flexibility index (Phi) is 7.12. The van der Waals surface area contributed by atoms with Gasteiger partial charge in [0.25, 0.3) is 0 Å². The minimum atomic E-state index is -0.804. The summed E-state index contributed by atoms with van der Waals surface area (Å²) in [6, 6.07) is 5.78. The molecule has 7 nitrogen and oxygen atoms in total.